The molecule has 16 heavy (non-hydrogen) atoms. The molecular weight excluding hydrogens is 200 g/mol. The first-order valence-electron chi connectivity index (χ1n) is 5.52. The highest BCUT2D eigenvalue weighted by molar-refractivity contribution is 5.78. The van der Waals surface area contributed by atoms with Crippen LogP contribution in [0.25, 0.3) is 10.9 Å². The molecule has 0 bridgehead atoms. The predicted molar refractivity (Wildman–Crippen MR) is 66.3 cm³/mol. The largest absolute Gasteiger partial charge is 0.350 e. The summed E-state index contributed by atoms with van der Waals surface area (Å²) in [4.78, 5) is 8.70. The maximum atomic E-state index is 5.63. The van der Waals surface area contributed by atoms with Crippen LogP contribution in [0.2, 0.25) is 0 Å². The van der Waals surface area contributed by atoms with E-state index in [4.69, 9.17) is 5.73 Å². The molecule has 2 aromatic rings. The molecule has 0 saturated carbocycles. The Labute approximate surface area is 94.9 Å². The summed E-state index contributed by atoms with van der Waals surface area (Å²) in [6.07, 6.45) is 2.79. The number of fused-ring (bicyclic) bond motifs is 1. The van der Waals surface area contributed by atoms with Crippen LogP contribution in [0.1, 0.15) is 13.3 Å². The normalized spacial score (nSPS) is 12.6. The molecule has 1 aromatic carbocycles. The minimum absolute atomic E-state index is 0.237. The Balaban J connectivity index is 2.25. The molecule has 0 aliphatic heterocycles. The van der Waals surface area contributed by atoms with Crippen LogP contribution in [0.5, 0.6) is 0 Å². The second-order valence-corrected chi connectivity index (χ2v) is 3.74. The number of nitrogens with zero attached hydrogens (tertiary/aromatic N) is 2. The van der Waals surface area contributed by atoms with E-state index in [2.05, 4.69) is 22.2 Å². The van der Waals surface area contributed by atoms with Gasteiger partial charge in [0, 0.05) is 24.2 Å². The molecule has 0 aliphatic carbocycles. The summed E-state index contributed by atoms with van der Waals surface area (Å²) in [5, 5.41) is 4.27. The maximum absolute atomic E-state index is 5.63. The van der Waals surface area contributed by atoms with E-state index in [0.717, 1.165) is 17.3 Å². The fourth-order valence-corrected chi connectivity index (χ4v) is 1.55. The predicted octanol–water partition coefficient (Wildman–Crippen LogP) is 1.78. The van der Waals surface area contributed by atoms with Crippen LogP contribution >= 0.6 is 0 Å². The zero-order valence-electron chi connectivity index (χ0n) is 9.35. The molecule has 0 saturated heterocycles. The van der Waals surface area contributed by atoms with Crippen molar-refractivity contribution in [1.29, 1.82) is 0 Å². The van der Waals surface area contributed by atoms with Gasteiger partial charge in [0.2, 0.25) is 5.95 Å². The first-order chi connectivity index (χ1) is 7.83. The smallest absolute Gasteiger partial charge is 0.223 e. The minimum Gasteiger partial charge on any atom is -0.350 e. The van der Waals surface area contributed by atoms with Gasteiger partial charge in [-0.25, -0.2) is 9.97 Å². The van der Waals surface area contributed by atoms with Crippen LogP contribution in [0, 0.1) is 0 Å². The van der Waals surface area contributed by atoms with Gasteiger partial charge in [0.1, 0.15) is 0 Å². The summed E-state index contributed by atoms with van der Waals surface area (Å²) in [6, 6.07) is 8.17. The second kappa shape index (κ2) is 4.90. The fraction of sp³-hybridized carbons (Fsp3) is 0.333. The first-order valence-corrected chi connectivity index (χ1v) is 5.52. The molecule has 1 atom stereocenters. The topological polar surface area (TPSA) is 63.8 Å². The van der Waals surface area contributed by atoms with Crippen molar-refractivity contribution in [2.45, 2.75) is 19.4 Å². The monoisotopic (exact) mass is 216 g/mol. The number of nitrogens with one attached hydrogen (secondary N) is 1. The lowest BCUT2D eigenvalue weighted by atomic mass is 10.2. The van der Waals surface area contributed by atoms with Crippen molar-refractivity contribution >= 4 is 16.9 Å². The Morgan fingerprint density at radius 3 is 2.94 bits per heavy atom. The van der Waals surface area contributed by atoms with E-state index in [1.807, 2.05) is 30.5 Å². The molecule has 0 spiro atoms. The summed E-state index contributed by atoms with van der Waals surface area (Å²) in [5.41, 5.74) is 6.58. The van der Waals surface area contributed by atoms with Gasteiger partial charge in [-0.2, -0.15) is 0 Å². The van der Waals surface area contributed by atoms with Gasteiger partial charge in [0.15, 0.2) is 0 Å². The second-order valence-electron chi connectivity index (χ2n) is 3.74. The van der Waals surface area contributed by atoms with Crippen LogP contribution in [-0.4, -0.2) is 22.6 Å². The fourth-order valence-electron chi connectivity index (χ4n) is 1.55. The van der Waals surface area contributed by atoms with E-state index >= 15 is 0 Å². The van der Waals surface area contributed by atoms with E-state index < -0.39 is 0 Å². The molecule has 84 valence electrons. The molecule has 4 nitrogen and oxygen atoms in total. The van der Waals surface area contributed by atoms with Crippen molar-refractivity contribution < 1.29 is 0 Å². The van der Waals surface area contributed by atoms with Crippen LogP contribution in [-0.2, 0) is 0 Å². The van der Waals surface area contributed by atoms with Crippen LogP contribution in [0.4, 0.5) is 5.95 Å². The Hall–Kier alpha value is -1.68. The molecular formula is C12H16N4. The lowest BCUT2D eigenvalue weighted by molar-refractivity contribution is 0.696. The molecule has 1 aromatic heterocycles. The molecule has 3 N–H and O–H groups in total. The van der Waals surface area contributed by atoms with Gasteiger partial charge in [-0.05, 0) is 12.5 Å². The Bertz CT molecular complexity index is 465. The van der Waals surface area contributed by atoms with Crippen LogP contribution in [0.3, 0.4) is 0 Å². The molecule has 2 rings (SSSR count). The third-order valence-electron chi connectivity index (χ3n) is 2.60. The van der Waals surface area contributed by atoms with Gasteiger partial charge in [-0.15, -0.1) is 0 Å². The third-order valence-corrected chi connectivity index (χ3v) is 2.60. The van der Waals surface area contributed by atoms with Gasteiger partial charge in [-0.1, -0.05) is 25.1 Å². The van der Waals surface area contributed by atoms with E-state index in [1.54, 1.807) is 0 Å². The summed E-state index contributed by atoms with van der Waals surface area (Å²) in [6.45, 7) is 2.68. The Morgan fingerprint density at radius 2 is 2.19 bits per heavy atom. The van der Waals surface area contributed by atoms with Crippen molar-refractivity contribution in [3.63, 3.8) is 0 Å². The lowest BCUT2D eigenvalue weighted by Crippen LogP contribution is -2.28. The summed E-state index contributed by atoms with van der Waals surface area (Å²) < 4.78 is 0. The van der Waals surface area contributed by atoms with Crippen molar-refractivity contribution in [3.05, 3.63) is 30.5 Å². The number of hydrogen-bond donors (Lipinski definition) is 2. The molecule has 1 heterocycles. The van der Waals surface area contributed by atoms with Crippen molar-refractivity contribution in [2.75, 3.05) is 11.9 Å². The Kier molecular flexibility index (Phi) is 3.31. The number of benzene rings is 1. The van der Waals surface area contributed by atoms with Gasteiger partial charge in [-0.3, -0.25) is 0 Å². The first kappa shape index (κ1) is 10.8. The van der Waals surface area contributed by atoms with Gasteiger partial charge in [0.25, 0.3) is 0 Å². The van der Waals surface area contributed by atoms with E-state index in [1.165, 1.54) is 0 Å². The number of hydrogen-bond acceptors (Lipinski definition) is 4. The van der Waals surface area contributed by atoms with Gasteiger partial charge < -0.3 is 11.1 Å². The highest BCUT2D eigenvalue weighted by atomic mass is 15.1. The number of anilines is 1. The van der Waals surface area contributed by atoms with Crippen molar-refractivity contribution in [1.82, 2.24) is 9.97 Å². The number of rotatable bonds is 4. The lowest BCUT2D eigenvalue weighted by Gasteiger charge is -2.14. The molecule has 4 heteroatoms. The SMILES string of the molecule is CCC(CN)Nc1ncc2ccccc2n1. The average molecular weight is 216 g/mol. The quantitative estimate of drug-likeness (QED) is 0.817. The van der Waals surface area contributed by atoms with Crippen molar-refractivity contribution in [3.8, 4) is 0 Å². The standard InChI is InChI=1S/C12H16N4/c1-2-10(7-13)15-12-14-8-9-5-3-4-6-11(9)16-12/h3-6,8,10H,2,7,13H2,1H3,(H,14,15,16). The third kappa shape index (κ3) is 2.28. The van der Waals surface area contributed by atoms with E-state index in [-0.39, 0.29) is 6.04 Å². The number of nitrogens with two attached hydrogens (primary N) is 1. The molecule has 0 aliphatic rings. The number of para-hydroxylation sites is 1. The highest BCUT2D eigenvalue weighted by Gasteiger charge is 2.05. The summed E-state index contributed by atoms with van der Waals surface area (Å²) >= 11 is 0. The average Bonchev–Trinajstić information content (AvgIpc) is 2.35. The number of aromatic nitrogens is 2. The van der Waals surface area contributed by atoms with Crippen molar-refractivity contribution in [2.24, 2.45) is 5.73 Å². The zero-order valence-corrected chi connectivity index (χ0v) is 9.35. The zero-order chi connectivity index (χ0) is 11.4. The Morgan fingerprint density at radius 1 is 1.38 bits per heavy atom. The van der Waals surface area contributed by atoms with E-state index in [9.17, 15) is 0 Å². The maximum Gasteiger partial charge on any atom is 0.223 e. The highest BCUT2D eigenvalue weighted by Crippen LogP contribution is 2.12. The van der Waals surface area contributed by atoms with E-state index in [0.29, 0.717) is 12.5 Å². The molecule has 0 fully saturated rings. The molecule has 1 unspecified atom stereocenters. The van der Waals surface area contributed by atoms with Crippen LogP contribution in [0.15, 0.2) is 30.5 Å². The summed E-state index contributed by atoms with van der Waals surface area (Å²) in [5.74, 6) is 0.649. The molecule has 0 radical (unpaired) electrons. The van der Waals surface area contributed by atoms with Crippen LogP contribution < -0.4 is 11.1 Å². The molecule has 0 amide bonds. The summed E-state index contributed by atoms with van der Waals surface area (Å²) in [7, 11) is 0. The minimum atomic E-state index is 0.237. The van der Waals surface area contributed by atoms with Gasteiger partial charge >= 0.3 is 0 Å². The van der Waals surface area contributed by atoms with Gasteiger partial charge in [0.05, 0.1) is 5.52 Å².